The van der Waals surface area contributed by atoms with Gasteiger partial charge in [-0.05, 0) is 30.2 Å². The highest BCUT2D eigenvalue weighted by molar-refractivity contribution is 9.10. The highest BCUT2D eigenvalue weighted by Gasteiger charge is 2.31. The minimum atomic E-state index is -1.17. The van der Waals surface area contributed by atoms with Crippen LogP contribution in [-0.4, -0.2) is 28.8 Å². The zero-order chi connectivity index (χ0) is 14.7. The second-order valence-electron chi connectivity index (χ2n) is 4.29. The van der Waals surface area contributed by atoms with Crippen molar-refractivity contribution in [1.82, 2.24) is 0 Å². The average Bonchev–Trinajstić information content (AvgIpc) is 2.90. The first-order valence-corrected chi connectivity index (χ1v) is 6.85. The van der Waals surface area contributed by atoms with Crippen molar-refractivity contribution in [2.24, 2.45) is 5.16 Å². The number of hydrogen-bond donors (Lipinski definition) is 2. The number of aryl methyl sites for hydroxylation is 1. The molecule has 1 aliphatic rings. The first kappa shape index (κ1) is 14.5. The molecule has 7 heteroatoms. The van der Waals surface area contributed by atoms with Gasteiger partial charge in [0.2, 0.25) is 6.10 Å². The maximum absolute atomic E-state index is 12.0. The van der Waals surface area contributed by atoms with Crippen LogP contribution in [0.2, 0.25) is 0 Å². The third-order valence-electron chi connectivity index (χ3n) is 2.91. The van der Waals surface area contributed by atoms with E-state index in [4.69, 9.17) is 9.94 Å². The summed E-state index contributed by atoms with van der Waals surface area (Å²) in [7, 11) is 0. The number of nitrogens with zero attached hydrogens (tertiary/aromatic N) is 1. The van der Waals surface area contributed by atoms with E-state index >= 15 is 0 Å². The van der Waals surface area contributed by atoms with E-state index in [1.165, 1.54) is 0 Å². The molecule has 106 valence electrons. The van der Waals surface area contributed by atoms with Gasteiger partial charge in [-0.15, -0.1) is 0 Å². The summed E-state index contributed by atoms with van der Waals surface area (Å²) >= 11 is 3.37. The van der Waals surface area contributed by atoms with Crippen LogP contribution in [0.3, 0.4) is 0 Å². The third kappa shape index (κ3) is 3.16. The summed E-state index contributed by atoms with van der Waals surface area (Å²) in [6, 6.07) is 5.53. The first-order valence-electron chi connectivity index (χ1n) is 6.06. The number of carboxylic acids is 1. The quantitative estimate of drug-likeness (QED) is 0.879. The molecule has 1 aromatic carbocycles. The minimum absolute atomic E-state index is 0.0286. The molecular formula is C13H13BrN2O4. The molecule has 0 bridgehead atoms. The van der Waals surface area contributed by atoms with Crippen LogP contribution in [0.1, 0.15) is 18.9 Å². The Labute approximate surface area is 123 Å². The Hall–Kier alpha value is -1.89. The van der Waals surface area contributed by atoms with Crippen LogP contribution >= 0.6 is 15.9 Å². The van der Waals surface area contributed by atoms with Crippen LogP contribution in [-0.2, 0) is 20.8 Å². The number of amides is 1. The number of oxime groups is 1. The fourth-order valence-corrected chi connectivity index (χ4v) is 2.24. The number of anilines is 1. The molecule has 1 atom stereocenters. The van der Waals surface area contributed by atoms with Crippen molar-refractivity contribution in [3.05, 3.63) is 28.2 Å². The van der Waals surface area contributed by atoms with Gasteiger partial charge in [-0.25, -0.2) is 4.79 Å². The molecule has 0 radical (unpaired) electrons. The van der Waals surface area contributed by atoms with Gasteiger partial charge in [-0.1, -0.05) is 28.0 Å². The number of carbonyl (C=O) groups excluding carboxylic acids is 1. The van der Waals surface area contributed by atoms with Crippen molar-refractivity contribution < 1.29 is 19.5 Å². The minimum Gasteiger partial charge on any atom is -0.477 e. The predicted molar refractivity (Wildman–Crippen MR) is 76.7 cm³/mol. The number of rotatable bonds is 4. The lowest BCUT2D eigenvalue weighted by atomic mass is 10.1. The Morgan fingerprint density at radius 2 is 2.30 bits per heavy atom. The summed E-state index contributed by atoms with van der Waals surface area (Å²) in [6.07, 6.45) is -0.161. The van der Waals surface area contributed by atoms with Crippen molar-refractivity contribution >= 4 is 39.2 Å². The topological polar surface area (TPSA) is 88.0 Å². The van der Waals surface area contributed by atoms with E-state index in [0.717, 1.165) is 16.5 Å². The van der Waals surface area contributed by atoms with Crippen LogP contribution in [0, 0.1) is 0 Å². The molecule has 1 unspecified atom stereocenters. The van der Waals surface area contributed by atoms with Gasteiger partial charge in [-0.3, -0.25) is 4.79 Å². The molecule has 2 N–H and O–H groups in total. The van der Waals surface area contributed by atoms with Gasteiger partial charge in [-0.2, -0.15) is 0 Å². The van der Waals surface area contributed by atoms with Crippen LogP contribution in [0.4, 0.5) is 5.69 Å². The number of carboxylic acid groups (broad SMARTS) is 1. The van der Waals surface area contributed by atoms with Crippen LogP contribution < -0.4 is 5.32 Å². The lowest BCUT2D eigenvalue weighted by Crippen LogP contribution is -2.29. The molecule has 6 nitrogen and oxygen atoms in total. The number of hydrogen-bond acceptors (Lipinski definition) is 4. The molecule has 0 aromatic heterocycles. The Bertz CT molecular complexity index is 586. The number of aliphatic carboxylic acids is 1. The van der Waals surface area contributed by atoms with Gasteiger partial charge in [0.05, 0.1) is 0 Å². The summed E-state index contributed by atoms with van der Waals surface area (Å²) in [5.41, 5.74) is 1.52. The third-order valence-corrected chi connectivity index (χ3v) is 3.41. The summed E-state index contributed by atoms with van der Waals surface area (Å²) in [5.74, 6) is -1.57. The SMILES string of the molecule is CCc1cc(Br)ccc1NC(=O)C1CC(C(=O)O)=NO1. The molecule has 1 aliphatic heterocycles. The Balaban J connectivity index is 2.05. The Morgan fingerprint density at radius 3 is 2.90 bits per heavy atom. The number of halogens is 1. The van der Waals surface area contributed by atoms with Gasteiger partial charge in [0.25, 0.3) is 5.91 Å². The van der Waals surface area contributed by atoms with Crippen LogP contribution in [0.25, 0.3) is 0 Å². The van der Waals surface area contributed by atoms with E-state index in [-0.39, 0.29) is 12.1 Å². The number of carbonyl (C=O) groups is 2. The maximum Gasteiger partial charge on any atom is 0.353 e. The zero-order valence-corrected chi connectivity index (χ0v) is 12.3. The van der Waals surface area contributed by atoms with Crippen LogP contribution in [0.5, 0.6) is 0 Å². The fourth-order valence-electron chi connectivity index (χ4n) is 1.83. The molecule has 2 rings (SSSR count). The van der Waals surface area contributed by atoms with E-state index in [1.54, 1.807) is 6.07 Å². The molecule has 0 fully saturated rings. The van der Waals surface area contributed by atoms with Gasteiger partial charge < -0.3 is 15.3 Å². The summed E-state index contributed by atoms with van der Waals surface area (Å²) < 4.78 is 0.931. The lowest BCUT2D eigenvalue weighted by Gasteiger charge is -2.12. The largest absolute Gasteiger partial charge is 0.477 e. The molecule has 1 heterocycles. The summed E-state index contributed by atoms with van der Waals surface area (Å²) in [4.78, 5) is 27.6. The summed E-state index contributed by atoms with van der Waals surface area (Å²) in [6.45, 7) is 1.98. The molecule has 1 aromatic rings. The molecule has 0 saturated heterocycles. The number of nitrogens with one attached hydrogen (secondary N) is 1. The van der Waals surface area contributed by atoms with Crippen molar-refractivity contribution in [1.29, 1.82) is 0 Å². The zero-order valence-electron chi connectivity index (χ0n) is 10.7. The molecular weight excluding hydrogens is 328 g/mol. The molecule has 0 spiro atoms. The molecule has 1 amide bonds. The first-order chi connectivity index (χ1) is 9.51. The average molecular weight is 341 g/mol. The van der Waals surface area contributed by atoms with Gasteiger partial charge in [0.1, 0.15) is 0 Å². The van der Waals surface area contributed by atoms with E-state index < -0.39 is 18.0 Å². The second-order valence-corrected chi connectivity index (χ2v) is 5.20. The fraction of sp³-hybridized carbons (Fsp3) is 0.308. The van der Waals surface area contributed by atoms with Gasteiger partial charge in [0, 0.05) is 16.6 Å². The second kappa shape index (κ2) is 6.04. The summed E-state index contributed by atoms with van der Waals surface area (Å²) in [5, 5.41) is 14.9. The van der Waals surface area contributed by atoms with E-state index in [1.807, 2.05) is 19.1 Å². The highest BCUT2D eigenvalue weighted by atomic mass is 79.9. The van der Waals surface area contributed by atoms with E-state index in [2.05, 4.69) is 26.4 Å². The normalized spacial score (nSPS) is 17.3. The van der Waals surface area contributed by atoms with Crippen LogP contribution in [0.15, 0.2) is 27.8 Å². The van der Waals surface area contributed by atoms with Gasteiger partial charge >= 0.3 is 5.97 Å². The van der Waals surface area contributed by atoms with Crippen molar-refractivity contribution in [2.45, 2.75) is 25.9 Å². The van der Waals surface area contributed by atoms with Crippen molar-refractivity contribution in [2.75, 3.05) is 5.32 Å². The van der Waals surface area contributed by atoms with E-state index in [0.29, 0.717) is 5.69 Å². The van der Waals surface area contributed by atoms with Crippen molar-refractivity contribution in [3.8, 4) is 0 Å². The monoisotopic (exact) mass is 340 g/mol. The molecule has 0 saturated carbocycles. The molecule has 20 heavy (non-hydrogen) atoms. The smallest absolute Gasteiger partial charge is 0.353 e. The highest BCUT2D eigenvalue weighted by Crippen LogP contribution is 2.22. The number of benzene rings is 1. The molecule has 0 aliphatic carbocycles. The Morgan fingerprint density at radius 1 is 1.55 bits per heavy atom. The standard InChI is InChI=1S/C13H13BrN2O4/c1-2-7-5-8(14)3-4-9(7)15-12(17)11-6-10(13(18)19)16-20-11/h3-5,11H,2,6H2,1H3,(H,15,17)(H,18,19). The predicted octanol–water partition coefficient (Wildman–Crippen LogP) is 2.18. The van der Waals surface area contributed by atoms with E-state index in [9.17, 15) is 9.59 Å². The van der Waals surface area contributed by atoms with Gasteiger partial charge in [0.15, 0.2) is 5.71 Å². The lowest BCUT2D eigenvalue weighted by molar-refractivity contribution is -0.129. The Kier molecular flexibility index (Phi) is 4.39. The van der Waals surface area contributed by atoms with Crippen molar-refractivity contribution in [3.63, 3.8) is 0 Å². The maximum atomic E-state index is 12.0.